The molecule has 110 valence electrons. The molecule has 3 nitrogen and oxygen atoms in total. The largest absolute Gasteiger partial charge is 0.348 e. The molecule has 3 rings (SSSR count). The SMILES string of the molecule is CC1CCC(=O)CC1.CC1CCC2(CC1)OCCO2. The highest BCUT2D eigenvalue weighted by Crippen LogP contribution is 2.37. The van der Waals surface area contributed by atoms with Gasteiger partial charge in [0, 0.05) is 25.7 Å². The lowest BCUT2D eigenvalue weighted by Gasteiger charge is -2.33. The summed E-state index contributed by atoms with van der Waals surface area (Å²) in [6.45, 7) is 6.12. The molecule has 0 atom stereocenters. The van der Waals surface area contributed by atoms with Gasteiger partial charge in [0.05, 0.1) is 13.2 Å². The molecule has 3 heteroatoms. The Morgan fingerprint density at radius 1 is 0.895 bits per heavy atom. The number of hydrogen-bond donors (Lipinski definition) is 0. The van der Waals surface area contributed by atoms with Crippen molar-refractivity contribution in [2.75, 3.05) is 13.2 Å². The highest BCUT2D eigenvalue weighted by molar-refractivity contribution is 5.78. The molecule has 0 radical (unpaired) electrons. The fourth-order valence-electron chi connectivity index (χ4n) is 3.07. The van der Waals surface area contributed by atoms with Crippen LogP contribution in [0.2, 0.25) is 0 Å². The van der Waals surface area contributed by atoms with Crippen molar-refractivity contribution in [3.63, 3.8) is 0 Å². The van der Waals surface area contributed by atoms with Crippen LogP contribution in [0, 0.1) is 11.8 Å². The molecule has 0 unspecified atom stereocenters. The summed E-state index contributed by atoms with van der Waals surface area (Å²) in [6, 6.07) is 0. The minimum absolute atomic E-state index is 0.146. The van der Waals surface area contributed by atoms with Gasteiger partial charge in [0.15, 0.2) is 5.79 Å². The molecule has 1 spiro atoms. The number of carbonyl (C=O) groups is 1. The van der Waals surface area contributed by atoms with Gasteiger partial charge in [-0.15, -0.1) is 0 Å². The van der Waals surface area contributed by atoms with E-state index < -0.39 is 0 Å². The Hall–Kier alpha value is -0.410. The lowest BCUT2D eigenvalue weighted by Crippen LogP contribution is -2.34. The van der Waals surface area contributed by atoms with E-state index in [1.54, 1.807) is 0 Å². The zero-order chi connectivity index (χ0) is 13.7. The highest BCUT2D eigenvalue weighted by atomic mass is 16.7. The van der Waals surface area contributed by atoms with Crippen molar-refractivity contribution in [1.29, 1.82) is 0 Å². The van der Waals surface area contributed by atoms with Crippen LogP contribution in [0.25, 0.3) is 0 Å². The third kappa shape index (κ3) is 4.57. The van der Waals surface area contributed by atoms with E-state index >= 15 is 0 Å². The van der Waals surface area contributed by atoms with Gasteiger partial charge in [0.25, 0.3) is 0 Å². The van der Waals surface area contributed by atoms with Crippen LogP contribution in [0.15, 0.2) is 0 Å². The summed E-state index contributed by atoms with van der Waals surface area (Å²) in [6.07, 6.45) is 8.66. The Morgan fingerprint density at radius 2 is 1.37 bits per heavy atom. The predicted octanol–water partition coefficient (Wildman–Crippen LogP) is 3.71. The second kappa shape index (κ2) is 6.85. The molecule has 0 amide bonds. The maximum atomic E-state index is 10.6. The van der Waals surface area contributed by atoms with Gasteiger partial charge in [-0.25, -0.2) is 0 Å². The molecule has 19 heavy (non-hydrogen) atoms. The maximum absolute atomic E-state index is 10.6. The van der Waals surface area contributed by atoms with E-state index in [4.69, 9.17) is 9.47 Å². The first-order valence-corrected chi connectivity index (χ1v) is 7.89. The fraction of sp³-hybridized carbons (Fsp3) is 0.938. The zero-order valence-electron chi connectivity index (χ0n) is 12.5. The third-order valence-corrected chi connectivity index (χ3v) is 4.68. The number of ketones is 1. The van der Waals surface area contributed by atoms with Gasteiger partial charge in [0.1, 0.15) is 5.78 Å². The number of ether oxygens (including phenoxy) is 2. The smallest absolute Gasteiger partial charge is 0.168 e. The van der Waals surface area contributed by atoms with Gasteiger partial charge in [0.2, 0.25) is 0 Å². The van der Waals surface area contributed by atoms with Crippen molar-refractivity contribution >= 4 is 5.78 Å². The van der Waals surface area contributed by atoms with Crippen LogP contribution in [0.4, 0.5) is 0 Å². The highest BCUT2D eigenvalue weighted by Gasteiger charge is 2.39. The molecule has 0 aromatic rings. The van der Waals surface area contributed by atoms with Gasteiger partial charge in [-0.2, -0.15) is 0 Å². The summed E-state index contributed by atoms with van der Waals surface area (Å²) in [7, 11) is 0. The third-order valence-electron chi connectivity index (χ3n) is 4.68. The standard InChI is InChI=1S/C9H16O2.C7H12O/c1-8-2-4-9(5-3-8)10-6-7-11-9;1-6-2-4-7(8)5-3-6/h8H,2-7H2,1H3;6H,2-5H2,1H3. The molecule has 1 heterocycles. The number of hydrogen-bond acceptors (Lipinski definition) is 3. The van der Waals surface area contributed by atoms with Crippen LogP contribution in [-0.2, 0) is 14.3 Å². The first-order valence-electron chi connectivity index (χ1n) is 7.89. The summed E-state index contributed by atoms with van der Waals surface area (Å²) in [5.41, 5.74) is 0. The van der Waals surface area contributed by atoms with Crippen molar-refractivity contribution in [3.05, 3.63) is 0 Å². The maximum Gasteiger partial charge on any atom is 0.168 e. The lowest BCUT2D eigenvalue weighted by molar-refractivity contribution is -0.181. The molecule has 1 saturated heterocycles. The van der Waals surface area contributed by atoms with Crippen LogP contribution in [0.5, 0.6) is 0 Å². The molecule has 0 aromatic heterocycles. The van der Waals surface area contributed by atoms with Gasteiger partial charge in [-0.1, -0.05) is 13.8 Å². The molecule has 0 bridgehead atoms. The van der Waals surface area contributed by atoms with Gasteiger partial charge >= 0.3 is 0 Å². The first kappa shape index (κ1) is 15.0. The van der Waals surface area contributed by atoms with E-state index in [2.05, 4.69) is 13.8 Å². The van der Waals surface area contributed by atoms with Crippen LogP contribution in [-0.4, -0.2) is 24.8 Å². The Labute approximate surface area is 117 Å². The van der Waals surface area contributed by atoms with Crippen molar-refractivity contribution in [2.24, 2.45) is 11.8 Å². The van der Waals surface area contributed by atoms with E-state index in [1.165, 1.54) is 12.8 Å². The average Bonchev–Trinajstić information content (AvgIpc) is 2.87. The van der Waals surface area contributed by atoms with Crippen molar-refractivity contribution in [3.8, 4) is 0 Å². The van der Waals surface area contributed by atoms with E-state index in [-0.39, 0.29) is 5.79 Å². The monoisotopic (exact) mass is 268 g/mol. The van der Waals surface area contributed by atoms with Crippen molar-refractivity contribution in [1.82, 2.24) is 0 Å². The minimum Gasteiger partial charge on any atom is -0.348 e. The van der Waals surface area contributed by atoms with E-state index in [1.807, 2.05) is 0 Å². The molecule has 0 aromatic carbocycles. The van der Waals surface area contributed by atoms with Gasteiger partial charge < -0.3 is 9.47 Å². The van der Waals surface area contributed by atoms with Crippen LogP contribution < -0.4 is 0 Å². The van der Waals surface area contributed by atoms with E-state index in [9.17, 15) is 4.79 Å². The van der Waals surface area contributed by atoms with Crippen LogP contribution in [0.1, 0.15) is 65.2 Å². The molecule has 3 aliphatic rings. The Kier molecular flexibility index (Phi) is 5.40. The summed E-state index contributed by atoms with van der Waals surface area (Å²) >= 11 is 0. The second-order valence-corrected chi connectivity index (χ2v) is 6.51. The molecule has 3 fully saturated rings. The fourth-order valence-corrected chi connectivity index (χ4v) is 3.07. The molecular formula is C16H28O3. The van der Waals surface area contributed by atoms with Gasteiger partial charge in [-0.3, -0.25) is 4.79 Å². The Bertz CT molecular complexity index is 274. The minimum atomic E-state index is -0.146. The van der Waals surface area contributed by atoms with E-state index in [0.717, 1.165) is 63.6 Å². The van der Waals surface area contributed by atoms with Crippen LogP contribution in [0.3, 0.4) is 0 Å². The average molecular weight is 268 g/mol. The number of carbonyl (C=O) groups excluding carboxylic acids is 1. The topological polar surface area (TPSA) is 35.5 Å². The van der Waals surface area contributed by atoms with Gasteiger partial charge in [-0.05, 0) is 37.5 Å². The second-order valence-electron chi connectivity index (χ2n) is 6.51. The molecule has 2 aliphatic carbocycles. The summed E-state index contributed by atoms with van der Waals surface area (Å²) < 4.78 is 11.2. The zero-order valence-corrected chi connectivity index (χ0v) is 12.5. The van der Waals surface area contributed by atoms with Crippen molar-refractivity contribution < 1.29 is 14.3 Å². The first-order chi connectivity index (χ1) is 9.10. The molecule has 0 N–H and O–H groups in total. The number of rotatable bonds is 0. The normalized spacial score (nSPS) is 28.2. The molecule has 2 saturated carbocycles. The summed E-state index contributed by atoms with van der Waals surface area (Å²) in [5.74, 6) is 1.98. The summed E-state index contributed by atoms with van der Waals surface area (Å²) in [4.78, 5) is 10.6. The Balaban J connectivity index is 0.000000148. The number of Topliss-reactive ketones (excluding diaryl/α,β-unsaturated/α-hetero) is 1. The van der Waals surface area contributed by atoms with Crippen LogP contribution >= 0.6 is 0 Å². The quantitative estimate of drug-likeness (QED) is 0.672. The lowest BCUT2D eigenvalue weighted by atomic mass is 9.86. The molecule has 1 aliphatic heterocycles. The Morgan fingerprint density at radius 3 is 1.84 bits per heavy atom. The molecular weight excluding hydrogens is 240 g/mol. The summed E-state index contributed by atoms with van der Waals surface area (Å²) in [5, 5.41) is 0. The van der Waals surface area contributed by atoms with Crippen molar-refractivity contribution in [2.45, 2.75) is 71.0 Å². The predicted molar refractivity (Wildman–Crippen MR) is 74.9 cm³/mol. The van der Waals surface area contributed by atoms with E-state index in [0.29, 0.717) is 5.78 Å².